The van der Waals surface area contributed by atoms with Crippen molar-refractivity contribution in [1.29, 1.82) is 0 Å². The Kier molecular flexibility index (Phi) is 4.51. The summed E-state index contributed by atoms with van der Waals surface area (Å²) in [6, 6.07) is 14.3. The average molecular weight is 309 g/mol. The Bertz CT molecular complexity index is 702. The van der Waals surface area contributed by atoms with Gasteiger partial charge in [-0.1, -0.05) is 50.2 Å². The molecule has 0 aliphatic carbocycles. The number of anilines is 1. The van der Waals surface area contributed by atoms with Crippen LogP contribution in [0.2, 0.25) is 0 Å². The van der Waals surface area contributed by atoms with E-state index in [1.807, 2.05) is 24.3 Å². The van der Waals surface area contributed by atoms with Crippen LogP contribution in [0.5, 0.6) is 5.75 Å². The first-order valence-corrected chi connectivity index (χ1v) is 8.15. The minimum Gasteiger partial charge on any atom is -0.491 e. The molecule has 1 aliphatic heterocycles. The van der Waals surface area contributed by atoms with Crippen molar-refractivity contribution < 1.29 is 4.74 Å². The molecule has 2 aromatic rings. The number of guanidine groups is 1. The summed E-state index contributed by atoms with van der Waals surface area (Å²) in [5, 5.41) is 3.31. The standard InChI is InChI=1S/C19H23N3O/c1-3-13-8-7-9-14(4-2)18(13)22-19(20)21-16-12-23-17-11-6-5-10-15(16)17/h5-11,16H,3-4,12H2,1-2H3,(H3,20,21,22). The second kappa shape index (κ2) is 6.73. The molecule has 1 unspecified atom stereocenters. The maximum atomic E-state index is 6.17. The van der Waals surface area contributed by atoms with Crippen molar-refractivity contribution in [2.45, 2.75) is 32.7 Å². The van der Waals surface area contributed by atoms with Crippen LogP contribution in [-0.4, -0.2) is 12.6 Å². The molecule has 23 heavy (non-hydrogen) atoms. The third kappa shape index (κ3) is 3.16. The molecule has 3 N–H and O–H groups in total. The van der Waals surface area contributed by atoms with Crippen LogP contribution >= 0.6 is 0 Å². The summed E-state index contributed by atoms with van der Waals surface area (Å²) in [5.74, 6) is 1.34. The molecule has 0 radical (unpaired) electrons. The molecule has 4 nitrogen and oxygen atoms in total. The van der Waals surface area contributed by atoms with E-state index in [1.54, 1.807) is 0 Å². The molecule has 1 aliphatic rings. The first-order chi connectivity index (χ1) is 11.2. The van der Waals surface area contributed by atoms with Crippen LogP contribution in [-0.2, 0) is 12.8 Å². The van der Waals surface area contributed by atoms with Crippen molar-refractivity contribution in [3.8, 4) is 5.75 Å². The molecule has 0 aromatic heterocycles. The van der Waals surface area contributed by atoms with Gasteiger partial charge in [0.1, 0.15) is 18.4 Å². The second-order valence-electron chi connectivity index (χ2n) is 5.66. The van der Waals surface area contributed by atoms with Gasteiger partial charge in [-0.05, 0) is 30.0 Å². The van der Waals surface area contributed by atoms with Gasteiger partial charge < -0.3 is 15.8 Å². The van der Waals surface area contributed by atoms with Crippen molar-refractivity contribution in [2.75, 3.05) is 11.9 Å². The highest BCUT2D eigenvalue weighted by Gasteiger charge is 2.23. The van der Waals surface area contributed by atoms with Gasteiger partial charge >= 0.3 is 0 Å². The summed E-state index contributed by atoms with van der Waals surface area (Å²) in [6.45, 7) is 4.83. The first kappa shape index (κ1) is 15.4. The summed E-state index contributed by atoms with van der Waals surface area (Å²) >= 11 is 0. The fraction of sp³-hybridized carbons (Fsp3) is 0.316. The average Bonchev–Trinajstić information content (AvgIpc) is 2.98. The molecule has 0 saturated heterocycles. The number of para-hydroxylation sites is 2. The van der Waals surface area contributed by atoms with E-state index in [0.717, 1.165) is 29.8 Å². The van der Waals surface area contributed by atoms with Crippen LogP contribution in [0.25, 0.3) is 0 Å². The molecule has 4 heteroatoms. The number of benzene rings is 2. The lowest BCUT2D eigenvalue weighted by Crippen LogP contribution is -2.25. The summed E-state index contributed by atoms with van der Waals surface area (Å²) < 4.78 is 5.66. The smallest absolute Gasteiger partial charge is 0.193 e. The highest BCUT2D eigenvalue weighted by atomic mass is 16.5. The van der Waals surface area contributed by atoms with Gasteiger partial charge in [0.25, 0.3) is 0 Å². The third-order valence-electron chi connectivity index (χ3n) is 4.22. The molecule has 0 spiro atoms. The van der Waals surface area contributed by atoms with E-state index < -0.39 is 0 Å². The van der Waals surface area contributed by atoms with E-state index in [0.29, 0.717) is 12.6 Å². The second-order valence-corrected chi connectivity index (χ2v) is 5.66. The molecule has 1 heterocycles. The van der Waals surface area contributed by atoms with Crippen LogP contribution in [0.15, 0.2) is 47.5 Å². The van der Waals surface area contributed by atoms with E-state index in [1.165, 1.54) is 11.1 Å². The van der Waals surface area contributed by atoms with Gasteiger partial charge in [0.15, 0.2) is 5.96 Å². The highest BCUT2D eigenvalue weighted by molar-refractivity contribution is 5.94. The molecular weight excluding hydrogens is 286 g/mol. The quantitative estimate of drug-likeness (QED) is 0.669. The lowest BCUT2D eigenvalue weighted by molar-refractivity contribution is 0.334. The van der Waals surface area contributed by atoms with Crippen LogP contribution in [0.4, 0.5) is 5.69 Å². The number of hydrogen-bond donors (Lipinski definition) is 2. The molecule has 3 rings (SSSR count). The molecule has 0 fully saturated rings. The van der Waals surface area contributed by atoms with E-state index in [2.05, 4.69) is 42.4 Å². The van der Waals surface area contributed by atoms with Gasteiger partial charge in [0.05, 0.1) is 0 Å². The van der Waals surface area contributed by atoms with Crippen molar-refractivity contribution in [3.05, 3.63) is 59.2 Å². The SMILES string of the molecule is CCc1cccc(CC)c1NC(N)=NC1COc2ccccc21. The first-order valence-electron chi connectivity index (χ1n) is 8.15. The molecule has 2 aromatic carbocycles. The zero-order chi connectivity index (χ0) is 16.2. The third-order valence-corrected chi connectivity index (χ3v) is 4.22. The Hall–Kier alpha value is -2.49. The molecule has 0 saturated carbocycles. The predicted octanol–water partition coefficient (Wildman–Crippen LogP) is 3.67. The summed E-state index contributed by atoms with van der Waals surface area (Å²) in [5.41, 5.74) is 10.9. The minimum absolute atomic E-state index is 0.0439. The minimum atomic E-state index is -0.0439. The Morgan fingerprint density at radius 1 is 1.13 bits per heavy atom. The van der Waals surface area contributed by atoms with E-state index in [4.69, 9.17) is 10.5 Å². The number of nitrogens with two attached hydrogens (primary N) is 1. The summed E-state index contributed by atoms with van der Waals surface area (Å²) in [6.07, 6.45) is 1.91. The lowest BCUT2D eigenvalue weighted by Gasteiger charge is -2.15. The van der Waals surface area contributed by atoms with Gasteiger partial charge in [-0.25, -0.2) is 4.99 Å². The van der Waals surface area contributed by atoms with Crippen LogP contribution in [0.1, 0.15) is 36.6 Å². The summed E-state index contributed by atoms with van der Waals surface area (Å²) in [7, 11) is 0. The maximum Gasteiger partial charge on any atom is 0.193 e. The van der Waals surface area contributed by atoms with E-state index >= 15 is 0 Å². The Balaban J connectivity index is 1.84. The van der Waals surface area contributed by atoms with E-state index in [-0.39, 0.29) is 6.04 Å². The lowest BCUT2D eigenvalue weighted by atomic mass is 10.0. The van der Waals surface area contributed by atoms with Crippen LogP contribution < -0.4 is 15.8 Å². The monoisotopic (exact) mass is 309 g/mol. The van der Waals surface area contributed by atoms with Crippen LogP contribution in [0, 0.1) is 0 Å². The number of hydrogen-bond acceptors (Lipinski definition) is 2. The Labute approximate surface area is 137 Å². The van der Waals surface area contributed by atoms with Gasteiger partial charge in [-0.2, -0.15) is 0 Å². The van der Waals surface area contributed by atoms with Crippen molar-refractivity contribution in [2.24, 2.45) is 10.7 Å². The van der Waals surface area contributed by atoms with Gasteiger partial charge in [0.2, 0.25) is 0 Å². The Morgan fingerprint density at radius 3 is 2.52 bits per heavy atom. The Morgan fingerprint density at radius 2 is 1.83 bits per heavy atom. The number of nitrogens with one attached hydrogen (secondary N) is 1. The number of fused-ring (bicyclic) bond motifs is 1. The zero-order valence-corrected chi connectivity index (χ0v) is 13.7. The van der Waals surface area contributed by atoms with Crippen molar-refractivity contribution in [1.82, 2.24) is 0 Å². The van der Waals surface area contributed by atoms with Gasteiger partial charge in [-0.3, -0.25) is 0 Å². The van der Waals surface area contributed by atoms with Gasteiger partial charge in [0, 0.05) is 11.3 Å². The van der Waals surface area contributed by atoms with E-state index in [9.17, 15) is 0 Å². The van der Waals surface area contributed by atoms with Crippen molar-refractivity contribution in [3.63, 3.8) is 0 Å². The number of aliphatic imine (C=N–C) groups is 1. The molecule has 0 bridgehead atoms. The summed E-state index contributed by atoms with van der Waals surface area (Å²) in [4.78, 5) is 4.62. The van der Waals surface area contributed by atoms with Gasteiger partial charge in [-0.15, -0.1) is 0 Å². The molecule has 120 valence electrons. The number of nitrogens with zero attached hydrogens (tertiary/aromatic N) is 1. The zero-order valence-electron chi connectivity index (χ0n) is 13.7. The fourth-order valence-corrected chi connectivity index (χ4v) is 2.98. The number of rotatable bonds is 4. The normalized spacial score (nSPS) is 16.8. The maximum absolute atomic E-state index is 6.17. The largest absolute Gasteiger partial charge is 0.491 e. The van der Waals surface area contributed by atoms with Crippen molar-refractivity contribution >= 4 is 11.6 Å². The molecule has 1 atom stereocenters. The number of aryl methyl sites for hydroxylation is 2. The number of ether oxygens (including phenoxy) is 1. The highest BCUT2D eigenvalue weighted by Crippen LogP contribution is 2.34. The predicted molar refractivity (Wildman–Crippen MR) is 95.1 cm³/mol. The molecule has 0 amide bonds. The topological polar surface area (TPSA) is 59.6 Å². The van der Waals surface area contributed by atoms with Crippen LogP contribution in [0.3, 0.4) is 0 Å². The fourth-order valence-electron chi connectivity index (χ4n) is 2.98. The molecular formula is C19H23N3O.